The van der Waals surface area contributed by atoms with Gasteiger partial charge in [-0.25, -0.2) is 10.3 Å². The number of amides is 1. The van der Waals surface area contributed by atoms with Gasteiger partial charge in [0.1, 0.15) is 0 Å². The van der Waals surface area contributed by atoms with Gasteiger partial charge in [0.15, 0.2) is 6.29 Å². The van der Waals surface area contributed by atoms with Crippen LogP contribution in [-0.2, 0) is 22.4 Å². The molecule has 1 atom stereocenters. The molecule has 1 aromatic carbocycles. The van der Waals surface area contributed by atoms with Gasteiger partial charge in [-0.15, -0.1) is 0 Å². The van der Waals surface area contributed by atoms with Crippen LogP contribution < -0.4 is 5.48 Å². The number of aromatic nitrogens is 1. The molecule has 0 radical (unpaired) electrons. The van der Waals surface area contributed by atoms with E-state index in [2.05, 4.69) is 10.5 Å². The van der Waals surface area contributed by atoms with E-state index in [0.29, 0.717) is 12.2 Å². The van der Waals surface area contributed by atoms with E-state index in [1.807, 2.05) is 18.2 Å². The van der Waals surface area contributed by atoms with Crippen molar-refractivity contribution in [2.45, 2.75) is 51.2 Å². The van der Waals surface area contributed by atoms with Crippen LogP contribution in [0.2, 0.25) is 0 Å². The second kappa shape index (κ2) is 6.34. The molecule has 5 nitrogen and oxygen atoms in total. The molecule has 1 unspecified atom stereocenters. The Hall–Kier alpha value is -1.85. The van der Waals surface area contributed by atoms with Crippen LogP contribution in [0.1, 0.15) is 53.7 Å². The van der Waals surface area contributed by atoms with E-state index in [1.54, 1.807) is 0 Å². The number of carbonyl (C=O) groups is 1. The molecule has 2 aromatic rings. The SMILES string of the molecule is O=C(NOC1CCCCO1)c1ccc2[nH]c3c(c2c1)CCCC3. The van der Waals surface area contributed by atoms with E-state index >= 15 is 0 Å². The summed E-state index contributed by atoms with van der Waals surface area (Å²) in [6.45, 7) is 0.696. The fourth-order valence-electron chi connectivity index (χ4n) is 3.53. The highest BCUT2D eigenvalue weighted by atomic mass is 16.8. The minimum Gasteiger partial charge on any atom is -0.358 e. The van der Waals surface area contributed by atoms with Crippen molar-refractivity contribution < 1.29 is 14.4 Å². The summed E-state index contributed by atoms with van der Waals surface area (Å²) < 4.78 is 5.45. The first-order valence-corrected chi connectivity index (χ1v) is 8.52. The molecule has 1 amide bonds. The number of hydroxylamine groups is 1. The van der Waals surface area contributed by atoms with Crippen molar-refractivity contribution in [2.24, 2.45) is 0 Å². The van der Waals surface area contributed by atoms with E-state index in [0.717, 1.165) is 37.6 Å². The smallest absolute Gasteiger partial charge is 0.274 e. The van der Waals surface area contributed by atoms with Gasteiger partial charge in [0, 0.05) is 35.2 Å². The lowest BCUT2D eigenvalue weighted by Crippen LogP contribution is -2.33. The Morgan fingerprint density at radius 3 is 3.00 bits per heavy atom. The van der Waals surface area contributed by atoms with Crippen LogP contribution in [0.3, 0.4) is 0 Å². The molecule has 0 spiro atoms. The Morgan fingerprint density at radius 1 is 1.22 bits per heavy atom. The van der Waals surface area contributed by atoms with Crippen LogP contribution >= 0.6 is 0 Å². The highest BCUT2D eigenvalue weighted by Gasteiger charge is 2.18. The minimum atomic E-state index is -0.323. The fraction of sp³-hybridized carbons (Fsp3) is 0.500. The summed E-state index contributed by atoms with van der Waals surface area (Å²) in [5.41, 5.74) is 6.97. The highest BCUT2D eigenvalue weighted by Crippen LogP contribution is 2.29. The highest BCUT2D eigenvalue weighted by molar-refractivity contribution is 5.98. The Bertz CT molecular complexity index is 716. The van der Waals surface area contributed by atoms with Crippen LogP contribution in [0.15, 0.2) is 18.2 Å². The van der Waals surface area contributed by atoms with Crippen LogP contribution in [-0.4, -0.2) is 23.8 Å². The second-order valence-electron chi connectivity index (χ2n) is 6.39. The van der Waals surface area contributed by atoms with Gasteiger partial charge < -0.3 is 9.72 Å². The number of carbonyl (C=O) groups excluding carboxylic acids is 1. The predicted octanol–water partition coefficient (Wildman–Crippen LogP) is 3.23. The number of ether oxygens (including phenoxy) is 1. The van der Waals surface area contributed by atoms with Crippen LogP contribution in [0.4, 0.5) is 0 Å². The van der Waals surface area contributed by atoms with Crippen LogP contribution in [0.5, 0.6) is 0 Å². The molecule has 1 fully saturated rings. The van der Waals surface area contributed by atoms with Crippen molar-refractivity contribution in [1.82, 2.24) is 10.5 Å². The maximum atomic E-state index is 12.3. The number of hydrogen-bond donors (Lipinski definition) is 2. The van der Waals surface area contributed by atoms with Gasteiger partial charge in [-0.3, -0.25) is 4.79 Å². The van der Waals surface area contributed by atoms with Crippen molar-refractivity contribution in [3.8, 4) is 0 Å². The Labute approximate surface area is 135 Å². The number of aromatic amines is 1. The predicted molar refractivity (Wildman–Crippen MR) is 87.1 cm³/mol. The lowest BCUT2D eigenvalue weighted by Gasteiger charge is -2.22. The summed E-state index contributed by atoms with van der Waals surface area (Å²) in [5, 5.41) is 1.17. The summed E-state index contributed by atoms with van der Waals surface area (Å²) in [6, 6.07) is 5.79. The van der Waals surface area contributed by atoms with Gasteiger partial charge in [0.2, 0.25) is 0 Å². The molecule has 4 rings (SSSR count). The minimum absolute atomic E-state index is 0.216. The average Bonchev–Trinajstić information content (AvgIpc) is 2.98. The molecule has 1 aliphatic carbocycles. The normalized spacial score (nSPS) is 21.1. The molecule has 1 saturated heterocycles. The van der Waals surface area contributed by atoms with Crippen LogP contribution in [0.25, 0.3) is 10.9 Å². The summed E-state index contributed by atoms with van der Waals surface area (Å²) in [4.78, 5) is 21.2. The summed E-state index contributed by atoms with van der Waals surface area (Å²) in [5.74, 6) is -0.216. The number of H-pyrrole nitrogens is 1. The van der Waals surface area contributed by atoms with E-state index < -0.39 is 0 Å². The first kappa shape index (κ1) is 14.7. The number of benzene rings is 1. The van der Waals surface area contributed by atoms with Crippen molar-refractivity contribution in [3.63, 3.8) is 0 Å². The molecule has 5 heteroatoms. The van der Waals surface area contributed by atoms with E-state index in [9.17, 15) is 4.79 Å². The summed E-state index contributed by atoms with van der Waals surface area (Å²) in [7, 11) is 0. The van der Waals surface area contributed by atoms with Gasteiger partial charge in [0.25, 0.3) is 5.91 Å². The summed E-state index contributed by atoms with van der Waals surface area (Å²) in [6.07, 6.45) is 7.29. The molecule has 23 heavy (non-hydrogen) atoms. The summed E-state index contributed by atoms with van der Waals surface area (Å²) >= 11 is 0. The first-order valence-electron chi connectivity index (χ1n) is 8.52. The first-order chi connectivity index (χ1) is 11.3. The molecule has 1 aromatic heterocycles. The third-order valence-corrected chi connectivity index (χ3v) is 4.78. The molecular weight excluding hydrogens is 292 g/mol. The standard InChI is InChI=1S/C18H22N2O3/c21-18(20-23-17-7-3-4-10-22-17)12-8-9-16-14(11-12)13-5-1-2-6-15(13)19-16/h8-9,11,17,19H,1-7,10H2,(H,20,21). The fourth-order valence-corrected chi connectivity index (χ4v) is 3.53. The topological polar surface area (TPSA) is 63.4 Å². The lowest BCUT2D eigenvalue weighted by atomic mass is 9.95. The Kier molecular flexibility index (Phi) is 4.06. The number of hydrogen-bond acceptors (Lipinski definition) is 3. The molecule has 2 heterocycles. The quantitative estimate of drug-likeness (QED) is 0.855. The molecule has 1 aliphatic heterocycles. The number of aryl methyl sites for hydroxylation is 2. The van der Waals surface area contributed by atoms with E-state index in [-0.39, 0.29) is 12.2 Å². The number of rotatable bonds is 3. The zero-order chi connectivity index (χ0) is 15.6. The lowest BCUT2D eigenvalue weighted by molar-refractivity contribution is -0.186. The zero-order valence-corrected chi connectivity index (χ0v) is 13.2. The molecule has 2 N–H and O–H groups in total. The molecule has 0 bridgehead atoms. The second-order valence-corrected chi connectivity index (χ2v) is 6.39. The maximum Gasteiger partial charge on any atom is 0.274 e. The van der Waals surface area contributed by atoms with Crippen molar-refractivity contribution >= 4 is 16.8 Å². The van der Waals surface area contributed by atoms with Crippen molar-refractivity contribution in [2.75, 3.05) is 6.61 Å². The van der Waals surface area contributed by atoms with Gasteiger partial charge >= 0.3 is 0 Å². The number of fused-ring (bicyclic) bond motifs is 3. The Morgan fingerprint density at radius 2 is 2.13 bits per heavy atom. The van der Waals surface area contributed by atoms with Crippen molar-refractivity contribution in [3.05, 3.63) is 35.0 Å². The Balaban J connectivity index is 1.50. The van der Waals surface area contributed by atoms with E-state index in [1.165, 1.54) is 29.5 Å². The average molecular weight is 314 g/mol. The van der Waals surface area contributed by atoms with Crippen LogP contribution in [0, 0.1) is 0 Å². The third kappa shape index (κ3) is 2.99. The van der Waals surface area contributed by atoms with Gasteiger partial charge in [-0.2, -0.15) is 0 Å². The monoisotopic (exact) mass is 314 g/mol. The largest absolute Gasteiger partial charge is 0.358 e. The maximum absolute atomic E-state index is 12.3. The van der Waals surface area contributed by atoms with Gasteiger partial charge in [-0.1, -0.05) is 0 Å². The zero-order valence-electron chi connectivity index (χ0n) is 13.2. The van der Waals surface area contributed by atoms with Gasteiger partial charge in [0.05, 0.1) is 0 Å². The molecule has 0 saturated carbocycles. The third-order valence-electron chi connectivity index (χ3n) is 4.78. The van der Waals surface area contributed by atoms with E-state index in [4.69, 9.17) is 9.57 Å². The molecule has 2 aliphatic rings. The molecule has 122 valence electrons. The molecular formula is C18H22N2O3. The van der Waals surface area contributed by atoms with Crippen molar-refractivity contribution in [1.29, 1.82) is 0 Å². The number of nitrogens with one attached hydrogen (secondary N) is 2. The van der Waals surface area contributed by atoms with Gasteiger partial charge in [-0.05, 0) is 62.3 Å².